The van der Waals surface area contributed by atoms with E-state index in [1.807, 2.05) is 6.92 Å². The third-order valence-electron chi connectivity index (χ3n) is 3.53. The van der Waals surface area contributed by atoms with E-state index in [1.165, 1.54) is 0 Å². The van der Waals surface area contributed by atoms with Gasteiger partial charge >= 0.3 is 0 Å². The Hall–Kier alpha value is -1.11. The van der Waals surface area contributed by atoms with Crippen LogP contribution in [-0.4, -0.2) is 60.0 Å². The molecular weight excluding hydrogens is 292 g/mol. The number of rotatable bonds is 7. The molecule has 6 nitrogen and oxygen atoms in total. The van der Waals surface area contributed by atoms with E-state index in [1.54, 1.807) is 10.9 Å². The molecule has 1 saturated heterocycles. The molecule has 0 bridgehead atoms. The maximum atomic E-state index is 11.7. The van der Waals surface area contributed by atoms with Crippen LogP contribution in [0, 0.1) is 6.92 Å². The van der Waals surface area contributed by atoms with Crippen molar-refractivity contribution < 1.29 is 9.53 Å². The van der Waals surface area contributed by atoms with Gasteiger partial charge in [0, 0.05) is 38.8 Å². The molecule has 1 N–H and O–H groups in total. The molecule has 2 heterocycles. The maximum absolute atomic E-state index is 11.7. The second-order valence-electron chi connectivity index (χ2n) is 5.23. The lowest BCUT2D eigenvalue weighted by Gasteiger charge is -2.26. The standard InChI is InChI=1S/C14H23ClN4O2/c1-12-13(15)11-19(17-12)6-3-14(20)16-4-2-5-18-7-9-21-10-8-18/h11H,2-10H2,1H3,(H,16,20). The second-order valence-corrected chi connectivity index (χ2v) is 5.64. The quantitative estimate of drug-likeness (QED) is 0.765. The summed E-state index contributed by atoms with van der Waals surface area (Å²) in [6.45, 7) is 7.76. The molecule has 0 radical (unpaired) electrons. The van der Waals surface area contributed by atoms with Crippen molar-refractivity contribution in [2.24, 2.45) is 0 Å². The second kappa shape index (κ2) is 8.36. The van der Waals surface area contributed by atoms with E-state index in [-0.39, 0.29) is 5.91 Å². The zero-order valence-electron chi connectivity index (χ0n) is 12.5. The fourth-order valence-corrected chi connectivity index (χ4v) is 2.42. The minimum Gasteiger partial charge on any atom is -0.379 e. The summed E-state index contributed by atoms with van der Waals surface area (Å²) in [4.78, 5) is 14.1. The molecule has 0 unspecified atom stereocenters. The summed E-state index contributed by atoms with van der Waals surface area (Å²) in [6, 6.07) is 0. The van der Waals surface area contributed by atoms with Gasteiger partial charge in [0.1, 0.15) is 0 Å². The van der Waals surface area contributed by atoms with Crippen LogP contribution < -0.4 is 5.32 Å². The van der Waals surface area contributed by atoms with Gasteiger partial charge in [0.25, 0.3) is 0 Å². The Balaban J connectivity index is 1.55. The van der Waals surface area contributed by atoms with Crippen LogP contribution in [0.1, 0.15) is 18.5 Å². The minimum atomic E-state index is 0.0567. The van der Waals surface area contributed by atoms with Gasteiger partial charge in [0.2, 0.25) is 5.91 Å². The number of carbonyl (C=O) groups is 1. The van der Waals surface area contributed by atoms with Crippen molar-refractivity contribution in [1.29, 1.82) is 0 Å². The first kappa shape index (κ1) is 16.3. The van der Waals surface area contributed by atoms with Crippen molar-refractivity contribution in [3.8, 4) is 0 Å². The fraction of sp³-hybridized carbons (Fsp3) is 0.714. The third-order valence-corrected chi connectivity index (χ3v) is 3.90. The van der Waals surface area contributed by atoms with Crippen LogP contribution in [0.2, 0.25) is 5.02 Å². The molecule has 0 aliphatic carbocycles. The topological polar surface area (TPSA) is 59.4 Å². The summed E-state index contributed by atoms with van der Waals surface area (Å²) in [6.07, 6.45) is 3.15. The van der Waals surface area contributed by atoms with Crippen molar-refractivity contribution >= 4 is 17.5 Å². The smallest absolute Gasteiger partial charge is 0.221 e. The molecule has 1 aliphatic heterocycles. The van der Waals surface area contributed by atoms with Gasteiger partial charge in [-0.25, -0.2) is 0 Å². The number of aromatic nitrogens is 2. The molecule has 0 atom stereocenters. The first-order valence-electron chi connectivity index (χ1n) is 7.41. The Kier molecular flexibility index (Phi) is 6.48. The first-order chi connectivity index (χ1) is 10.1. The zero-order chi connectivity index (χ0) is 15.1. The molecule has 7 heteroatoms. The lowest BCUT2D eigenvalue weighted by molar-refractivity contribution is -0.121. The van der Waals surface area contributed by atoms with Crippen molar-refractivity contribution in [2.45, 2.75) is 26.3 Å². The highest BCUT2D eigenvalue weighted by Gasteiger charge is 2.09. The molecule has 1 amide bonds. The van der Waals surface area contributed by atoms with E-state index >= 15 is 0 Å². The number of hydrogen-bond acceptors (Lipinski definition) is 4. The van der Waals surface area contributed by atoms with Crippen molar-refractivity contribution in [3.63, 3.8) is 0 Å². The van der Waals surface area contributed by atoms with Crippen LogP contribution >= 0.6 is 11.6 Å². The molecule has 1 fully saturated rings. The van der Waals surface area contributed by atoms with Crippen LogP contribution in [0.4, 0.5) is 0 Å². The summed E-state index contributed by atoms with van der Waals surface area (Å²) in [7, 11) is 0. The van der Waals surface area contributed by atoms with Crippen LogP contribution in [0.25, 0.3) is 0 Å². The van der Waals surface area contributed by atoms with Crippen molar-refractivity contribution in [2.75, 3.05) is 39.4 Å². The van der Waals surface area contributed by atoms with E-state index in [9.17, 15) is 4.79 Å². The van der Waals surface area contributed by atoms with E-state index in [0.29, 0.717) is 18.0 Å². The predicted octanol–water partition coefficient (Wildman–Crippen LogP) is 1.07. The van der Waals surface area contributed by atoms with E-state index in [0.717, 1.165) is 51.5 Å². The molecule has 0 spiro atoms. The zero-order valence-corrected chi connectivity index (χ0v) is 13.2. The molecule has 118 valence electrons. The molecular formula is C14H23ClN4O2. The SMILES string of the molecule is Cc1nn(CCC(=O)NCCCN2CCOCC2)cc1Cl. The summed E-state index contributed by atoms with van der Waals surface area (Å²) >= 11 is 5.92. The normalized spacial score (nSPS) is 16.1. The van der Waals surface area contributed by atoms with E-state index in [4.69, 9.17) is 16.3 Å². The minimum absolute atomic E-state index is 0.0567. The van der Waals surface area contributed by atoms with Gasteiger partial charge < -0.3 is 10.1 Å². The van der Waals surface area contributed by atoms with Gasteiger partial charge in [-0.05, 0) is 19.9 Å². The van der Waals surface area contributed by atoms with Gasteiger partial charge in [-0.3, -0.25) is 14.4 Å². The molecule has 1 aromatic rings. The Morgan fingerprint density at radius 3 is 2.86 bits per heavy atom. The number of halogens is 1. The van der Waals surface area contributed by atoms with Gasteiger partial charge in [0.05, 0.1) is 23.9 Å². The van der Waals surface area contributed by atoms with Crippen LogP contribution in [0.3, 0.4) is 0 Å². The molecule has 0 saturated carbocycles. The third kappa shape index (κ3) is 5.65. The summed E-state index contributed by atoms with van der Waals surface area (Å²) in [5.41, 5.74) is 0.794. The highest BCUT2D eigenvalue weighted by molar-refractivity contribution is 6.31. The Bertz CT molecular complexity index is 438. The highest BCUT2D eigenvalue weighted by atomic mass is 35.5. The fourth-order valence-electron chi connectivity index (χ4n) is 2.27. The maximum Gasteiger partial charge on any atom is 0.221 e. The van der Waals surface area contributed by atoms with Crippen LogP contribution in [0.5, 0.6) is 0 Å². The number of ether oxygens (including phenoxy) is 1. The van der Waals surface area contributed by atoms with E-state index < -0.39 is 0 Å². The summed E-state index contributed by atoms with van der Waals surface area (Å²) < 4.78 is 7.01. The lowest BCUT2D eigenvalue weighted by atomic mass is 10.3. The Morgan fingerprint density at radius 2 is 2.19 bits per heavy atom. The number of aryl methyl sites for hydroxylation is 2. The first-order valence-corrected chi connectivity index (χ1v) is 7.79. The number of nitrogens with zero attached hydrogens (tertiary/aromatic N) is 3. The predicted molar refractivity (Wildman–Crippen MR) is 81.5 cm³/mol. The van der Waals surface area contributed by atoms with E-state index in [2.05, 4.69) is 15.3 Å². The molecule has 1 aliphatic rings. The van der Waals surface area contributed by atoms with Gasteiger partial charge in [-0.2, -0.15) is 5.10 Å². The largest absolute Gasteiger partial charge is 0.379 e. The molecule has 0 aromatic carbocycles. The van der Waals surface area contributed by atoms with Gasteiger partial charge in [-0.1, -0.05) is 11.6 Å². The average Bonchev–Trinajstić information content (AvgIpc) is 2.81. The van der Waals surface area contributed by atoms with Crippen molar-refractivity contribution in [1.82, 2.24) is 20.0 Å². The monoisotopic (exact) mass is 314 g/mol. The van der Waals surface area contributed by atoms with Crippen LogP contribution in [-0.2, 0) is 16.1 Å². The lowest BCUT2D eigenvalue weighted by Crippen LogP contribution is -2.38. The number of amides is 1. The van der Waals surface area contributed by atoms with Crippen LogP contribution in [0.15, 0.2) is 6.20 Å². The molecule has 1 aromatic heterocycles. The number of morpholine rings is 1. The Labute approximate surface area is 130 Å². The Morgan fingerprint density at radius 1 is 1.43 bits per heavy atom. The van der Waals surface area contributed by atoms with Gasteiger partial charge in [0.15, 0.2) is 0 Å². The highest BCUT2D eigenvalue weighted by Crippen LogP contribution is 2.11. The van der Waals surface area contributed by atoms with Crippen molar-refractivity contribution in [3.05, 3.63) is 16.9 Å². The number of nitrogens with one attached hydrogen (secondary N) is 1. The van der Waals surface area contributed by atoms with Gasteiger partial charge in [-0.15, -0.1) is 0 Å². The number of carbonyl (C=O) groups excluding carboxylic acids is 1. The average molecular weight is 315 g/mol. The molecule has 2 rings (SSSR count). The summed E-state index contributed by atoms with van der Waals surface area (Å²) in [5, 5.41) is 7.81. The number of hydrogen-bond donors (Lipinski definition) is 1. The summed E-state index contributed by atoms with van der Waals surface area (Å²) in [5.74, 6) is 0.0567. The molecule has 21 heavy (non-hydrogen) atoms.